The highest BCUT2D eigenvalue weighted by molar-refractivity contribution is 6.70. The van der Waals surface area contributed by atoms with Gasteiger partial charge in [0.2, 0.25) is 0 Å². The minimum absolute atomic E-state index is 0.352. The Morgan fingerprint density at radius 3 is 2.55 bits per heavy atom. The minimum atomic E-state index is -2.38. The predicted octanol–water partition coefficient (Wildman–Crippen LogP) is 2.34. The zero-order valence-corrected chi connectivity index (χ0v) is 13.8. The molecule has 6 heteroatoms. The largest absolute Gasteiger partial charge is 0.463 e. The molecule has 1 unspecified atom stereocenters. The molecule has 1 heterocycles. The molecule has 0 aromatic carbocycles. The molecule has 0 aliphatic carbocycles. The number of hydrogen-bond donors (Lipinski definition) is 0. The Morgan fingerprint density at radius 2 is 2.00 bits per heavy atom. The Bertz CT molecular complexity index is 330. The molecule has 0 N–H and O–H groups in total. The van der Waals surface area contributed by atoms with Crippen LogP contribution in [0.25, 0.3) is 0 Å². The molecular formula is C14H26O5Si. The smallest absolute Gasteiger partial charge is 0.370 e. The summed E-state index contributed by atoms with van der Waals surface area (Å²) in [7, 11) is 2.77. The zero-order chi connectivity index (χ0) is 15.1. The number of methoxy groups -OCH3 is 1. The summed E-state index contributed by atoms with van der Waals surface area (Å²) in [5, 5.41) is -0.352. The Hall–Kier alpha value is -0.693. The lowest BCUT2D eigenvalue weighted by molar-refractivity contribution is -0.138. The van der Waals surface area contributed by atoms with Gasteiger partial charge in [0.25, 0.3) is 0 Å². The van der Waals surface area contributed by atoms with Crippen molar-refractivity contribution in [1.29, 1.82) is 0 Å². The quantitative estimate of drug-likeness (QED) is 0.298. The van der Waals surface area contributed by atoms with Crippen molar-refractivity contribution in [1.82, 2.24) is 0 Å². The maximum atomic E-state index is 11.0. The molecule has 0 spiro atoms. The fourth-order valence-corrected chi connectivity index (χ4v) is 7.03. The number of esters is 1. The van der Waals surface area contributed by atoms with Crippen molar-refractivity contribution in [2.75, 3.05) is 27.9 Å². The number of ether oxygens (including phenoxy) is 2. The van der Waals surface area contributed by atoms with Gasteiger partial charge in [-0.1, -0.05) is 19.4 Å². The van der Waals surface area contributed by atoms with Crippen molar-refractivity contribution < 1.29 is 23.1 Å². The first kappa shape index (κ1) is 17.4. The van der Waals surface area contributed by atoms with Gasteiger partial charge < -0.3 is 18.3 Å². The van der Waals surface area contributed by atoms with Gasteiger partial charge in [-0.3, -0.25) is 0 Å². The summed E-state index contributed by atoms with van der Waals surface area (Å²) in [6.45, 7) is 3.75. The molecule has 1 fully saturated rings. The van der Waals surface area contributed by atoms with Crippen molar-refractivity contribution in [3.8, 4) is 0 Å². The third kappa shape index (κ3) is 3.49. The van der Waals surface area contributed by atoms with E-state index in [1.807, 2.05) is 0 Å². The fourth-order valence-electron chi connectivity index (χ4n) is 3.11. The lowest BCUT2D eigenvalue weighted by atomic mass is 10.1. The molecule has 116 valence electrons. The van der Waals surface area contributed by atoms with Gasteiger partial charge in [0.1, 0.15) is 5.22 Å². The summed E-state index contributed by atoms with van der Waals surface area (Å²) in [5.41, 5.74) is 0. The third-order valence-corrected chi connectivity index (χ3v) is 8.64. The van der Waals surface area contributed by atoms with Gasteiger partial charge in [0.15, 0.2) is 0 Å². The summed E-state index contributed by atoms with van der Waals surface area (Å²) >= 11 is 0. The van der Waals surface area contributed by atoms with E-state index in [2.05, 4.69) is 6.58 Å². The Morgan fingerprint density at radius 1 is 1.30 bits per heavy atom. The van der Waals surface area contributed by atoms with E-state index in [1.54, 1.807) is 21.3 Å². The second kappa shape index (κ2) is 7.92. The van der Waals surface area contributed by atoms with Crippen LogP contribution < -0.4 is 0 Å². The van der Waals surface area contributed by atoms with Crippen molar-refractivity contribution >= 4 is 14.5 Å². The number of hydrogen-bond acceptors (Lipinski definition) is 5. The highest BCUT2D eigenvalue weighted by Crippen LogP contribution is 2.42. The maximum absolute atomic E-state index is 11.0. The first-order chi connectivity index (χ1) is 9.59. The lowest BCUT2D eigenvalue weighted by Crippen LogP contribution is -2.64. The molecule has 1 rings (SSSR count). The Balaban J connectivity index is 2.67. The van der Waals surface area contributed by atoms with E-state index in [1.165, 1.54) is 6.08 Å². The second-order valence-electron chi connectivity index (χ2n) is 5.04. The highest BCUT2D eigenvalue weighted by Gasteiger charge is 2.58. The zero-order valence-electron chi connectivity index (χ0n) is 12.8. The molecule has 1 aliphatic heterocycles. The fraction of sp³-hybridized carbons (Fsp3) is 0.786. The number of carbonyl (C=O) groups is 1. The molecular weight excluding hydrogens is 276 g/mol. The van der Waals surface area contributed by atoms with E-state index in [0.29, 0.717) is 6.61 Å². The molecule has 20 heavy (non-hydrogen) atoms. The van der Waals surface area contributed by atoms with E-state index < -0.39 is 8.56 Å². The highest BCUT2D eigenvalue weighted by atomic mass is 28.4. The molecule has 5 nitrogen and oxygen atoms in total. The van der Waals surface area contributed by atoms with Gasteiger partial charge in [0.05, 0.1) is 6.61 Å². The normalized spacial score (nSPS) is 25.1. The van der Waals surface area contributed by atoms with Gasteiger partial charge in [-0.25, -0.2) is 4.79 Å². The predicted molar refractivity (Wildman–Crippen MR) is 78.6 cm³/mol. The van der Waals surface area contributed by atoms with Gasteiger partial charge >= 0.3 is 14.5 Å². The van der Waals surface area contributed by atoms with Crippen molar-refractivity contribution in [3.63, 3.8) is 0 Å². The van der Waals surface area contributed by atoms with Crippen LogP contribution in [0.1, 0.15) is 32.1 Å². The van der Waals surface area contributed by atoms with Crippen LogP contribution in [0.5, 0.6) is 0 Å². The summed E-state index contributed by atoms with van der Waals surface area (Å²) < 4.78 is 22.5. The van der Waals surface area contributed by atoms with E-state index in [-0.39, 0.29) is 11.2 Å². The summed E-state index contributed by atoms with van der Waals surface area (Å²) in [6, 6.07) is 0.945. The second-order valence-corrected chi connectivity index (χ2v) is 8.78. The van der Waals surface area contributed by atoms with Gasteiger partial charge in [0, 0.05) is 27.4 Å². The molecule has 1 aliphatic rings. The monoisotopic (exact) mass is 302 g/mol. The van der Waals surface area contributed by atoms with E-state index in [4.69, 9.17) is 18.3 Å². The molecule has 0 radical (unpaired) electrons. The summed E-state index contributed by atoms with van der Waals surface area (Å²) in [4.78, 5) is 11.0. The standard InChI is InChI=1S/C14H26O5Si/c1-5-13(15)19-11-8-10-14(16-2)9-6-7-12-20(14,17-3)18-4/h5H,1,6-12H2,2-4H3. The van der Waals surface area contributed by atoms with Crippen LogP contribution >= 0.6 is 0 Å². The SMILES string of the molecule is C=CC(=O)OCCCC1(OC)CCCC[Si]1(OC)OC. The molecule has 0 bridgehead atoms. The van der Waals surface area contributed by atoms with Crippen molar-refractivity contribution in [2.45, 2.75) is 43.4 Å². The average molecular weight is 302 g/mol. The molecule has 0 aromatic heterocycles. The maximum Gasteiger partial charge on any atom is 0.370 e. The lowest BCUT2D eigenvalue weighted by Gasteiger charge is -2.48. The first-order valence-electron chi connectivity index (χ1n) is 7.04. The van der Waals surface area contributed by atoms with Gasteiger partial charge in [-0.05, 0) is 25.3 Å². The molecule has 0 aromatic rings. The number of carbonyl (C=O) groups excluding carboxylic acids is 1. The molecule has 1 saturated heterocycles. The van der Waals surface area contributed by atoms with Crippen LogP contribution in [-0.2, 0) is 23.1 Å². The summed E-state index contributed by atoms with van der Waals surface area (Å²) in [5.74, 6) is -0.387. The van der Waals surface area contributed by atoms with E-state index in [0.717, 1.165) is 38.1 Å². The molecule has 1 atom stereocenters. The van der Waals surface area contributed by atoms with Crippen LogP contribution in [0.15, 0.2) is 12.7 Å². The van der Waals surface area contributed by atoms with Crippen LogP contribution in [0, 0.1) is 0 Å². The van der Waals surface area contributed by atoms with Gasteiger partial charge in [-0.15, -0.1) is 0 Å². The van der Waals surface area contributed by atoms with Crippen LogP contribution in [0.2, 0.25) is 6.04 Å². The van der Waals surface area contributed by atoms with Crippen LogP contribution in [-0.4, -0.2) is 47.7 Å². The molecule has 0 saturated carbocycles. The summed E-state index contributed by atoms with van der Waals surface area (Å²) in [6.07, 6.45) is 5.85. The Labute approximate surface area is 122 Å². The third-order valence-electron chi connectivity index (χ3n) is 4.22. The minimum Gasteiger partial charge on any atom is -0.463 e. The first-order valence-corrected chi connectivity index (χ1v) is 9.07. The van der Waals surface area contributed by atoms with Crippen molar-refractivity contribution in [2.24, 2.45) is 0 Å². The van der Waals surface area contributed by atoms with Crippen LogP contribution in [0.3, 0.4) is 0 Å². The topological polar surface area (TPSA) is 54.0 Å². The van der Waals surface area contributed by atoms with E-state index in [9.17, 15) is 4.79 Å². The van der Waals surface area contributed by atoms with Crippen molar-refractivity contribution in [3.05, 3.63) is 12.7 Å². The number of rotatable bonds is 8. The Kier molecular flexibility index (Phi) is 6.88. The molecule has 0 amide bonds. The van der Waals surface area contributed by atoms with Crippen LogP contribution in [0.4, 0.5) is 0 Å². The average Bonchev–Trinajstić information content (AvgIpc) is 2.51. The van der Waals surface area contributed by atoms with E-state index >= 15 is 0 Å². The van der Waals surface area contributed by atoms with Gasteiger partial charge in [-0.2, -0.15) is 0 Å².